The number of anilines is 1. The normalized spacial score (nSPS) is 12.3. The van der Waals surface area contributed by atoms with Crippen LogP contribution in [0.4, 0.5) is 5.69 Å². The molecule has 2 aromatic carbocycles. The molecule has 2 aromatic rings. The predicted octanol–water partition coefficient (Wildman–Crippen LogP) is 3.04. The third-order valence-corrected chi connectivity index (χ3v) is 4.88. The molecule has 0 bridgehead atoms. The molecule has 0 saturated carbocycles. The maximum Gasteiger partial charge on any atom is 0.253 e. The fourth-order valence-corrected chi connectivity index (χ4v) is 2.81. The second kappa shape index (κ2) is 11.4. The van der Waals surface area contributed by atoms with Crippen LogP contribution in [0.25, 0.3) is 0 Å². The van der Waals surface area contributed by atoms with E-state index in [4.69, 9.17) is 10.5 Å². The van der Waals surface area contributed by atoms with Gasteiger partial charge in [0.25, 0.3) is 5.91 Å². The average Bonchev–Trinajstić information content (AvgIpc) is 2.72. The standard InChI is InChI=1S/C22H29N3O3.ClH/c1-15(16(2)23)22(27)25(3)20-8-6-5-7-19(20)21(26)24-14-13-17-9-11-18(28-4)12-10-17;/h5-12,15-16H,13-14,23H2,1-4H3,(H,24,26);1H. The first-order chi connectivity index (χ1) is 13.3. The molecule has 0 aliphatic rings. The third-order valence-electron chi connectivity index (χ3n) is 4.88. The summed E-state index contributed by atoms with van der Waals surface area (Å²) in [7, 11) is 3.30. The lowest BCUT2D eigenvalue weighted by atomic mass is 10.0. The summed E-state index contributed by atoms with van der Waals surface area (Å²) in [5.74, 6) is 0.136. The monoisotopic (exact) mass is 419 g/mol. The minimum atomic E-state index is -0.337. The zero-order chi connectivity index (χ0) is 20.7. The van der Waals surface area contributed by atoms with E-state index in [0.717, 1.165) is 11.3 Å². The third kappa shape index (κ3) is 6.48. The molecule has 0 aliphatic heterocycles. The fourth-order valence-electron chi connectivity index (χ4n) is 2.81. The maximum absolute atomic E-state index is 12.7. The summed E-state index contributed by atoms with van der Waals surface area (Å²) in [6.45, 7) is 4.09. The molecule has 2 unspecified atom stereocenters. The molecular formula is C22H30ClN3O3. The van der Waals surface area contributed by atoms with Gasteiger partial charge in [-0.3, -0.25) is 9.59 Å². The first-order valence-corrected chi connectivity index (χ1v) is 9.38. The highest BCUT2D eigenvalue weighted by atomic mass is 35.5. The van der Waals surface area contributed by atoms with Crippen molar-refractivity contribution in [2.24, 2.45) is 11.7 Å². The quantitative estimate of drug-likeness (QED) is 0.688. The van der Waals surface area contributed by atoms with Crippen molar-refractivity contribution in [2.45, 2.75) is 26.3 Å². The zero-order valence-electron chi connectivity index (χ0n) is 17.3. The summed E-state index contributed by atoms with van der Waals surface area (Å²) in [6, 6.07) is 14.6. The Morgan fingerprint density at radius 3 is 2.31 bits per heavy atom. The number of carbonyl (C=O) groups is 2. The molecule has 0 aliphatic carbocycles. The Morgan fingerprint density at radius 2 is 1.72 bits per heavy atom. The molecule has 0 saturated heterocycles. The smallest absolute Gasteiger partial charge is 0.253 e. The Kier molecular flexibility index (Phi) is 9.65. The summed E-state index contributed by atoms with van der Waals surface area (Å²) >= 11 is 0. The van der Waals surface area contributed by atoms with Gasteiger partial charge in [0.15, 0.2) is 0 Å². The molecule has 0 fully saturated rings. The summed E-state index contributed by atoms with van der Waals surface area (Å²) in [4.78, 5) is 26.8. The Balaban J connectivity index is 0.00000420. The molecule has 2 rings (SSSR count). The molecule has 6 nitrogen and oxygen atoms in total. The van der Waals surface area contributed by atoms with E-state index in [-0.39, 0.29) is 36.2 Å². The van der Waals surface area contributed by atoms with E-state index < -0.39 is 0 Å². The minimum absolute atomic E-state index is 0. The van der Waals surface area contributed by atoms with Crippen molar-refractivity contribution in [3.63, 3.8) is 0 Å². The fraction of sp³-hybridized carbons (Fsp3) is 0.364. The highest BCUT2D eigenvalue weighted by Gasteiger charge is 2.24. The lowest BCUT2D eigenvalue weighted by Gasteiger charge is -2.25. The Morgan fingerprint density at radius 1 is 1.10 bits per heavy atom. The van der Waals surface area contributed by atoms with Crippen molar-refractivity contribution in [3.8, 4) is 5.75 Å². The van der Waals surface area contributed by atoms with E-state index in [0.29, 0.717) is 24.2 Å². The first-order valence-electron chi connectivity index (χ1n) is 9.38. The number of nitrogens with zero attached hydrogens (tertiary/aromatic N) is 1. The molecular weight excluding hydrogens is 390 g/mol. The van der Waals surface area contributed by atoms with Gasteiger partial charge in [-0.1, -0.05) is 31.2 Å². The van der Waals surface area contributed by atoms with Gasteiger partial charge in [0.2, 0.25) is 5.91 Å². The van der Waals surface area contributed by atoms with Crippen LogP contribution in [0, 0.1) is 5.92 Å². The molecule has 7 heteroatoms. The summed E-state index contributed by atoms with van der Waals surface area (Å²) < 4.78 is 5.15. The highest BCUT2D eigenvalue weighted by molar-refractivity contribution is 6.05. The molecule has 3 N–H and O–H groups in total. The Bertz CT molecular complexity index is 809. The van der Waals surface area contributed by atoms with Gasteiger partial charge in [-0.25, -0.2) is 0 Å². The number of hydrogen-bond donors (Lipinski definition) is 2. The Labute approximate surface area is 178 Å². The van der Waals surface area contributed by atoms with Crippen LogP contribution in [0.15, 0.2) is 48.5 Å². The van der Waals surface area contributed by atoms with E-state index in [2.05, 4.69) is 5.32 Å². The van der Waals surface area contributed by atoms with Crippen molar-refractivity contribution < 1.29 is 14.3 Å². The van der Waals surface area contributed by atoms with Crippen molar-refractivity contribution in [1.29, 1.82) is 0 Å². The summed E-state index contributed by atoms with van der Waals surface area (Å²) in [5, 5.41) is 2.93. The van der Waals surface area contributed by atoms with E-state index in [1.165, 1.54) is 4.90 Å². The van der Waals surface area contributed by atoms with Gasteiger partial charge in [0.05, 0.1) is 24.3 Å². The number of ether oxygens (including phenoxy) is 1. The number of nitrogens with two attached hydrogens (primary N) is 1. The second-order valence-corrected chi connectivity index (χ2v) is 6.92. The molecule has 2 atom stereocenters. The van der Waals surface area contributed by atoms with Crippen LogP contribution in [-0.2, 0) is 11.2 Å². The largest absolute Gasteiger partial charge is 0.497 e. The van der Waals surface area contributed by atoms with Gasteiger partial charge in [0, 0.05) is 19.6 Å². The van der Waals surface area contributed by atoms with Crippen LogP contribution in [0.3, 0.4) is 0 Å². The van der Waals surface area contributed by atoms with Gasteiger partial charge >= 0.3 is 0 Å². The van der Waals surface area contributed by atoms with E-state index in [1.807, 2.05) is 30.3 Å². The molecule has 0 radical (unpaired) electrons. The van der Waals surface area contributed by atoms with Crippen LogP contribution >= 0.6 is 12.4 Å². The number of para-hydroxylation sites is 1. The van der Waals surface area contributed by atoms with Crippen LogP contribution in [0.1, 0.15) is 29.8 Å². The lowest BCUT2D eigenvalue weighted by molar-refractivity contribution is -0.122. The number of carbonyl (C=O) groups excluding carboxylic acids is 2. The topological polar surface area (TPSA) is 84.7 Å². The number of amides is 2. The molecule has 0 spiro atoms. The predicted molar refractivity (Wildman–Crippen MR) is 119 cm³/mol. The number of rotatable bonds is 8. The minimum Gasteiger partial charge on any atom is -0.497 e. The number of methoxy groups -OCH3 is 1. The summed E-state index contributed by atoms with van der Waals surface area (Å²) in [6.07, 6.45) is 0.703. The van der Waals surface area contributed by atoms with E-state index >= 15 is 0 Å². The van der Waals surface area contributed by atoms with Crippen molar-refractivity contribution in [1.82, 2.24) is 5.32 Å². The maximum atomic E-state index is 12.7. The molecule has 2 amide bonds. The van der Waals surface area contributed by atoms with Gasteiger partial charge in [0.1, 0.15) is 5.75 Å². The van der Waals surface area contributed by atoms with Crippen LogP contribution in [0.2, 0.25) is 0 Å². The highest BCUT2D eigenvalue weighted by Crippen LogP contribution is 2.21. The second-order valence-electron chi connectivity index (χ2n) is 6.92. The molecule has 158 valence electrons. The SMILES string of the molecule is COc1ccc(CCNC(=O)c2ccccc2N(C)C(=O)C(C)C(C)N)cc1.Cl. The zero-order valence-corrected chi connectivity index (χ0v) is 18.2. The number of nitrogens with one attached hydrogen (secondary N) is 1. The van der Waals surface area contributed by atoms with Gasteiger partial charge in [-0.15, -0.1) is 12.4 Å². The molecule has 29 heavy (non-hydrogen) atoms. The van der Waals surface area contributed by atoms with Gasteiger partial charge in [-0.05, 0) is 43.2 Å². The van der Waals surface area contributed by atoms with E-state index in [1.54, 1.807) is 46.2 Å². The van der Waals surface area contributed by atoms with Gasteiger partial charge < -0.3 is 20.7 Å². The summed E-state index contributed by atoms with van der Waals surface area (Å²) in [5.41, 5.74) is 7.99. The number of halogens is 1. The lowest BCUT2D eigenvalue weighted by Crippen LogP contribution is -2.40. The van der Waals surface area contributed by atoms with Crippen LogP contribution in [0.5, 0.6) is 5.75 Å². The Hall–Kier alpha value is -2.57. The number of benzene rings is 2. The average molecular weight is 420 g/mol. The van der Waals surface area contributed by atoms with E-state index in [9.17, 15) is 9.59 Å². The molecule has 0 heterocycles. The van der Waals surface area contributed by atoms with Crippen molar-refractivity contribution in [2.75, 3.05) is 25.6 Å². The van der Waals surface area contributed by atoms with Gasteiger partial charge in [-0.2, -0.15) is 0 Å². The first kappa shape index (κ1) is 24.5. The van der Waals surface area contributed by atoms with Crippen LogP contribution in [-0.4, -0.2) is 38.6 Å². The van der Waals surface area contributed by atoms with Crippen molar-refractivity contribution >= 4 is 29.9 Å². The van der Waals surface area contributed by atoms with Crippen molar-refractivity contribution in [3.05, 3.63) is 59.7 Å². The molecule has 0 aromatic heterocycles. The number of hydrogen-bond acceptors (Lipinski definition) is 4. The van der Waals surface area contributed by atoms with Crippen LogP contribution < -0.4 is 20.7 Å².